The van der Waals surface area contributed by atoms with E-state index in [0.717, 1.165) is 11.3 Å². The molecule has 0 spiro atoms. The van der Waals surface area contributed by atoms with E-state index in [-0.39, 0.29) is 10.9 Å². The van der Waals surface area contributed by atoms with Crippen LogP contribution in [0.25, 0.3) is 0 Å². The van der Waals surface area contributed by atoms with Crippen LogP contribution in [0.1, 0.15) is 11.1 Å². The number of anilines is 1. The summed E-state index contributed by atoms with van der Waals surface area (Å²) in [7, 11) is 0. The Kier molecular flexibility index (Phi) is 3.11. The van der Waals surface area contributed by atoms with Crippen LogP contribution >= 0.6 is 12.2 Å². The van der Waals surface area contributed by atoms with E-state index in [1.165, 1.54) is 6.20 Å². The summed E-state index contributed by atoms with van der Waals surface area (Å²) in [6, 6.07) is 7.58. The molecule has 0 saturated carbocycles. The number of carbonyl (C=O) groups excluding carboxylic acids is 1. The van der Waals surface area contributed by atoms with Crippen molar-refractivity contribution in [3.8, 4) is 5.75 Å². The molecular weight excluding hydrogens is 276 g/mol. The van der Waals surface area contributed by atoms with Crippen LogP contribution in [0.3, 0.4) is 0 Å². The van der Waals surface area contributed by atoms with Gasteiger partial charge in [0.2, 0.25) is 0 Å². The summed E-state index contributed by atoms with van der Waals surface area (Å²) in [5, 5.41) is 9.17. The first-order chi connectivity index (χ1) is 9.65. The number of fused-ring (bicyclic) bond motifs is 1. The Balaban J connectivity index is 1.73. The van der Waals surface area contributed by atoms with Crippen LogP contribution < -0.4 is 15.8 Å². The van der Waals surface area contributed by atoms with E-state index in [0.29, 0.717) is 17.8 Å². The maximum absolute atomic E-state index is 12.2. The standard InChI is InChI=1S/C13H12N4O2S/c14-11(20)8-6-15-17-12(8)16-13(18)10-5-7-3-1-2-4-9(7)19-10/h1-4,6,10H,5H2,(H2,14,20)(H2,15,16,17,18). The number of H-pyrrole nitrogens is 1. The number of carbonyl (C=O) groups is 1. The summed E-state index contributed by atoms with van der Waals surface area (Å²) in [5.41, 5.74) is 7.07. The molecule has 1 aliphatic rings. The molecule has 1 aromatic heterocycles. The second kappa shape index (κ2) is 4.93. The van der Waals surface area contributed by atoms with Crippen LogP contribution in [0, 0.1) is 0 Å². The Labute approximate surface area is 120 Å². The Morgan fingerprint density at radius 3 is 3.05 bits per heavy atom. The molecule has 1 amide bonds. The van der Waals surface area contributed by atoms with Gasteiger partial charge in [0.1, 0.15) is 16.6 Å². The molecule has 7 heteroatoms. The molecule has 1 unspecified atom stereocenters. The molecule has 1 aromatic carbocycles. The summed E-state index contributed by atoms with van der Waals surface area (Å²) in [5.74, 6) is 0.872. The van der Waals surface area contributed by atoms with Crippen molar-refractivity contribution in [2.75, 3.05) is 5.32 Å². The average molecular weight is 288 g/mol. The number of nitrogens with one attached hydrogen (secondary N) is 2. The lowest BCUT2D eigenvalue weighted by Gasteiger charge is -2.11. The number of hydrogen-bond donors (Lipinski definition) is 3. The fourth-order valence-corrected chi connectivity index (χ4v) is 2.26. The zero-order valence-corrected chi connectivity index (χ0v) is 11.2. The molecule has 4 N–H and O–H groups in total. The number of hydrogen-bond acceptors (Lipinski definition) is 4. The largest absolute Gasteiger partial charge is 0.480 e. The SMILES string of the molecule is NC(=S)c1cn[nH]c1NC(=O)C1Cc2ccccc2O1. The van der Waals surface area contributed by atoms with Crippen LogP contribution in [-0.2, 0) is 11.2 Å². The van der Waals surface area contributed by atoms with Gasteiger partial charge in [-0.25, -0.2) is 0 Å². The second-order valence-corrected chi connectivity index (χ2v) is 4.87. The number of amides is 1. The highest BCUT2D eigenvalue weighted by Gasteiger charge is 2.29. The molecule has 1 atom stereocenters. The minimum Gasteiger partial charge on any atom is -0.480 e. The van der Waals surface area contributed by atoms with Gasteiger partial charge >= 0.3 is 0 Å². The zero-order chi connectivity index (χ0) is 14.1. The first kappa shape index (κ1) is 12.6. The van der Waals surface area contributed by atoms with E-state index in [4.69, 9.17) is 22.7 Å². The molecule has 102 valence electrons. The molecule has 0 bridgehead atoms. The maximum Gasteiger partial charge on any atom is 0.266 e. The molecular formula is C13H12N4O2S. The van der Waals surface area contributed by atoms with E-state index >= 15 is 0 Å². The Bertz CT molecular complexity index is 658. The van der Waals surface area contributed by atoms with Crippen molar-refractivity contribution in [1.82, 2.24) is 10.2 Å². The minimum absolute atomic E-state index is 0.171. The number of rotatable bonds is 3. The first-order valence-electron chi connectivity index (χ1n) is 6.04. The van der Waals surface area contributed by atoms with Crippen LogP contribution in [0.2, 0.25) is 0 Å². The number of nitrogens with zero attached hydrogens (tertiary/aromatic N) is 1. The van der Waals surface area contributed by atoms with E-state index < -0.39 is 6.10 Å². The molecule has 0 aliphatic carbocycles. The van der Waals surface area contributed by atoms with E-state index in [1.54, 1.807) is 0 Å². The highest BCUT2D eigenvalue weighted by Crippen LogP contribution is 2.28. The summed E-state index contributed by atoms with van der Waals surface area (Å²) < 4.78 is 5.61. The second-order valence-electron chi connectivity index (χ2n) is 4.43. The third-order valence-electron chi connectivity index (χ3n) is 3.09. The van der Waals surface area contributed by atoms with Crippen molar-refractivity contribution >= 4 is 28.9 Å². The lowest BCUT2D eigenvalue weighted by atomic mass is 10.1. The van der Waals surface area contributed by atoms with Crippen LogP contribution in [0.4, 0.5) is 5.82 Å². The van der Waals surface area contributed by atoms with Crippen LogP contribution in [-0.4, -0.2) is 27.2 Å². The van der Waals surface area contributed by atoms with Gasteiger partial charge in [0.15, 0.2) is 6.10 Å². The highest BCUT2D eigenvalue weighted by molar-refractivity contribution is 7.80. The quantitative estimate of drug-likeness (QED) is 0.732. The summed E-state index contributed by atoms with van der Waals surface area (Å²) in [6.45, 7) is 0. The molecule has 0 saturated heterocycles. The van der Waals surface area contributed by atoms with Gasteiger partial charge in [0, 0.05) is 6.42 Å². The molecule has 6 nitrogen and oxygen atoms in total. The third-order valence-corrected chi connectivity index (χ3v) is 3.31. The van der Waals surface area contributed by atoms with Crippen molar-refractivity contribution in [3.63, 3.8) is 0 Å². The number of benzene rings is 1. The molecule has 0 radical (unpaired) electrons. The number of nitrogens with two attached hydrogens (primary N) is 1. The predicted molar refractivity (Wildman–Crippen MR) is 77.7 cm³/mol. The number of ether oxygens (including phenoxy) is 1. The monoisotopic (exact) mass is 288 g/mol. The minimum atomic E-state index is -0.560. The van der Waals surface area contributed by atoms with Crippen molar-refractivity contribution < 1.29 is 9.53 Å². The molecule has 3 rings (SSSR count). The van der Waals surface area contributed by atoms with Gasteiger partial charge in [-0.2, -0.15) is 5.10 Å². The average Bonchev–Trinajstić information content (AvgIpc) is 3.03. The smallest absolute Gasteiger partial charge is 0.266 e. The summed E-state index contributed by atoms with van der Waals surface area (Å²) in [6.07, 6.45) is 1.45. The van der Waals surface area contributed by atoms with Crippen molar-refractivity contribution in [1.29, 1.82) is 0 Å². The van der Waals surface area contributed by atoms with Crippen molar-refractivity contribution in [3.05, 3.63) is 41.6 Å². The lowest BCUT2D eigenvalue weighted by Crippen LogP contribution is -2.32. The predicted octanol–water partition coefficient (Wildman–Crippen LogP) is 0.986. The molecule has 0 fully saturated rings. The maximum atomic E-state index is 12.2. The van der Waals surface area contributed by atoms with Crippen molar-refractivity contribution in [2.45, 2.75) is 12.5 Å². The van der Waals surface area contributed by atoms with Gasteiger partial charge in [-0.1, -0.05) is 30.4 Å². The van der Waals surface area contributed by atoms with Crippen molar-refractivity contribution in [2.24, 2.45) is 5.73 Å². The molecule has 2 aromatic rings. The van der Waals surface area contributed by atoms with Gasteiger partial charge in [0.05, 0.1) is 11.8 Å². The highest BCUT2D eigenvalue weighted by atomic mass is 32.1. The fraction of sp³-hybridized carbons (Fsp3) is 0.154. The first-order valence-corrected chi connectivity index (χ1v) is 6.44. The van der Waals surface area contributed by atoms with Crippen LogP contribution in [0.5, 0.6) is 5.75 Å². The topological polar surface area (TPSA) is 93.0 Å². The molecule has 20 heavy (non-hydrogen) atoms. The summed E-state index contributed by atoms with van der Waals surface area (Å²) in [4.78, 5) is 12.4. The third kappa shape index (κ3) is 2.23. The van der Waals surface area contributed by atoms with E-state index in [2.05, 4.69) is 15.5 Å². The zero-order valence-electron chi connectivity index (χ0n) is 10.4. The van der Waals surface area contributed by atoms with E-state index in [9.17, 15) is 4.79 Å². The Morgan fingerprint density at radius 2 is 2.30 bits per heavy atom. The number of thiocarbonyl (C=S) groups is 1. The van der Waals surface area contributed by atoms with Gasteiger partial charge in [0.25, 0.3) is 5.91 Å². The Morgan fingerprint density at radius 1 is 1.50 bits per heavy atom. The van der Waals surface area contributed by atoms with Gasteiger partial charge in [-0.3, -0.25) is 9.89 Å². The number of aromatic nitrogens is 2. The number of aromatic amines is 1. The van der Waals surface area contributed by atoms with Gasteiger partial charge < -0.3 is 15.8 Å². The summed E-state index contributed by atoms with van der Waals surface area (Å²) >= 11 is 4.88. The number of para-hydroxylation sites is 1. The van der Waals surface area contributed by atoms with Gasteiger partial charge in [-0.05, 0) is 11.6 Å². The Hall–Kier alpha value is -2.41. The lowest BCUT2D eigenvalue weighted by molar-refractivity contribution is -0.122. The van der Waals surface area contributed by atoms with Gasteiger partial charge in [-0.15, -0.1) is 0 Å². The van der Waals surface area contributed by atoms with E-state index in [1.807, 2.05) is 24.3 Å². The fourth-order valence-electron chi connectivity index (χ4n) is 2.10. The van der Waals surface area contributed by atoms with Crippen LogP contribution in [0.15, 0.2) is 30.5 Å². The molecule has 2 heterocycles. The molecule has 1 aliphatic heterocycles. The normalized spacial score (nSPS) is 16.3.